The first-order valence-corrected chi connectivity index (χ1v) is 4.68. The molecule has 5 nitrogen and oxygen atoms in total. The lowest BCUT2D eigenvalue weighted by Gasteiger charge is -1.98. The molecular weight excluding hydrogens is 210 g/mol. The number of aromatic hydroxyl groups is 1. The van der Waals surface area contributed by atoms with Crippen LogP contribution in [0.1, 0.15) is 0 Å². The quantitative estimate of drug-likeness (QED) is 0.800. The molecule has 84 valence electrons. The van der Waals surface area contributed by atoms with Crippen LogP contribution in [0.5, 0.6) is 11.6 Å². The first-order valence-electron chi connectivity index (χ1n) is 4.68. The van der Waals surface area contributed by atoms with Crippen molar-refractivity contribution >= 4 is 0 Å². The molecule has 0 radical (unpaired) electrons. The Hall–Kier alpha value is -2.01. The van der Waals surface area contributed by atoms with Gasteiger partial charge in [-0.3, -0.25) is 0 Å². The zero-order valence-corrected chi connectivity index (χ0v) is 8.71. The Morgan fingerprint density at radius 1 is 1.38 bits per heavy atom. The third-order valence-corrected chi connectivity index (χ3v) is 1.98. The molecule has 16 heavy (non-hydrogen) atoms. The minimum absolute atomic E-state index is 0.104. The smallest absolute Gasteiger partial charge is 0.256 e. The van der Waals surface area contributed by atoms with E-state index in [1.807, 2.05) is 0 Å². The zero-order valence-electron chi connectivity index (χ0n) is 8.71. The third kappa shape index (κ3) is 2.14. The van der Waals surface area contributed by atoms with Crippen LogP contribution in [0.15, 0.2) is 34.9 Å². The first-order chi connectivity index (χ1) is 7.81. The molecule has 0 unspecified atom stereocenters. The summed E-state index contributed by atoms with van der Waals surface area (Å²) < 4.78 is 14.9. The fraction of sp³-hybridized carbons (Fsp3) is 0.182. The van der Waals surface area contributed by atoms with Gasteiger partial charge in [-0.25, -0.2) is 0 Å². The lowest BCUT2D eigenvalue weighted by molar-refractivity contribution is 0.0453. The second-order valence-corrected chi connectivity index (χ2v) is 3.10. The molecule has 0 fully saturated rings. The van der Waals surface area contributed by atoms with Crippen molar-refractivity contribution < 1.29 is 19.1 Å². The Kier molecular flexibility index (Phi) is 3.07. The monoisotopic (exact) mass is 221 g/mol. The van der Waals surface area contributed by atoms with E-state index in [0.29, 0.717) is 17.2 Å². The molecule has 0 saturated carbocycles. The van der Waals surface area contributed by atoms with Crippen LogP contribution in [0, 0.1) is 0 Å². The molecule has 1 N–H and O–H groups in total. The average Bonchev–Trinajstić information content (AvgIpc) is 2.75. The van der Waals surface area contributed by atoms with Crippen molar-refractivity contribution in [2.45, 2.75) is 0 Å². The Bertz CT molecular complexity index is 467. The summed E-state index contributed by atoms with van der Waals surface area (Å²) >= 11 is 0. The van der Waals surface area contributed by atoms with Crippen LogP contribution in [0.4, 0.5) is 0 Å². The second kappa shape index (κ2) is 4.67. The molecule has 0 aliphatic carbocycles. The molecule has 0 saturated heterocycles. The van der Waals surface area contributed by atoms with E-state index in [-0.39, 0.29) is 12.5 Å². The van der Waals surface area contributed by atoms with E-state index in [9.17, 15) is 5.11 Å². The highest BCUT2D eigenvalue weighted by Gasteiger charge is 2.10. The number of rotatable bonds is 4. The highest BCUT2D eigenvalue weighted by Crippen LogP contribution is 2.30. The van der Waals surface area contributed by atoms with Gasteiger partial charge in [0.05, 0.1) is 5.56 Å². The molecular formula is C11H11NO4. The van der Waals surface area contributed by atoms with Crippen molar-refractivity contribution in [1.29, 1.82) is 0 Å². The number of ether oxygens (including phenoxy) is 2. The van der Waals surface area contributed by atoms with Gasteiger partial charge in [0.2, 0.25) is 0 Å². The maximum absolute atomic E-state index is 9.60. The molecule has 2 rings (SSSR count). The second-order valence-electron chi connectivity index (χ2n) is 3.10. The summed E-state index contributed by atoms with van der Waals surface area (Å²) in [4.78, 5) is 0. The Labute approximate surface area is 92.2 Å². The van der Waals surface area contributed by atoms with Crippen molar-refractivity contribution in [2.24, 2.45) is 0 Å². The SMILES string of the molecule is COCOc1cc(-c2ccccc2O)on1. The molecule has 1 aromatic carbocycles. The summed E-state index contributed by atoms with van der Waals surface area (Å²) in [5.41, 5.74) is 0.572. The molecule has 0 bridgehead atoms. The number of aromatic nitrogens is 1. The van der Waals surface area contributed by atoms with Gasteiger partial charge in [0.15, 0.2) is 12.6 Å². The number of benzene rings is 1. The van der Waals surface area contributed by atoms with E-state index >= 15 is 0 Å². The van der Waals surface area contributed by atoms with E-state index in [2.05, 4.69) is 5.16 Å². The van der Waals surface area contributed by atoms with Crippen molar-refractivity contribution in [1.82, 2.24) is 5.16 Å². The van der Waals surface area contributed by atoms with Gasteiger partial charge < -0.3 is 19.1 Å². The Morgan fingerprint density at radius 3 is 2.94 bits per heavy atom. The number of para-hydroxylation sites is 1. The van der Waals surface area contributed by atoms with Gasteiger partial charge in [-0.05, 0) is 17.3 Å². The number of phenolic OH excluding ortho intramolecular Hbond substituents is 1. The Balaban J connectivity index is 2.22. The van der Waals surface area contributed by atoms with Gasteiger partial charge in [-0.1, -0.05) is 12.1 Å². The summed E-state index contributed by atoms with van der Waals surface area (Å²) in [5, 5.41) is 13.3. The summed E-state index contributed by atoms with van der Waals surface area (Å²) in [5.74, 6) is 0.904. The number of methoxy groups -OCH3 is 1. The van der Waals surface area contributed by atoms with Crippen LogP contribution in [0.2, 0.25) is 0 Å². The minimum Gasteiger partial charge on any atom is -0.507 e. The lowest BCUT2D eigenvalue weighted by Crippen LogP contribution is -1.98. The predicted octanol–water partition coefficient (Wildman–Crippen LogP) is 2.03. The van der Waals surface area contributed by atoms with Gasteiger partial charge in [0.1, 0.15) is 5.75 Å². The number of nitrogens with zero attached hydrogens (tertiary/aromatic N) is 1. The van der Waals surface area contributed by atoms with Crippen LogP contribution in [0.3, 0.4) is 0 Å². The van der Waals surface area contributed by atoms with E-state index in [4.69, 9.17) is 14.0 Å². The molecule has 0 atom stereocenters. The van der Waals surface area contributed by atoms with Crippen molar-refractivity contribution in [3.05, 3.63) is 30.3 Å². The van der Waals surface area contributed by atoms with Gasteiger partial charge in [-0.15, -0.1) is 0 Å². The van der Waals surface area contributed by atoms with Gasteiger partial charge in [0.25, 0.3) is 5.88 Å². The summed E-state index contributed by atoms with van der Waals surface area (Å²) in [6.07, 6.45) is 0. The fourth-order valence-electron chi connectivity index (χ4n) is 1.26. The minimum atomic E-state index is 0.104. The van der Waals surface area contributed by atoms with E-state index in [1.54, 1.807) is 30.3 Å². The number of hydrogen-bond donors (Lipinski definition) is 1. The van der Waals surface area contributed by atoms with Gasteiger partial charge >= 0.3 is 0 Å². The zero-order chi connectivity index (χ0) is 11.4. The van der Waals surface area contributed by atoms with E-state index in [1.165, 1.54) is 7.11 Å². The van der Waals surface area contributed by atoms with Gasteiger partial charge in [0, 0.05) is 13.2 Å². The van der Waals surface area contributed by atoms with Crippen LogP contribution >= 0.6 is 0 Å². The summed E-state index contributed by atoms with van der Waals surface area (Å²) in [6, 6.07) is 8.43. The highest BCUT2D eigenvalue weighted by atomic mass is 16.7. The molecule has 1 aromatic heterocycles. The molecule has 0 spiro atoms. The largest absolute Gasteiger partial charge is 0.507 e. The molecule has 0 amide bonds. The number of phenols is 1. The van der Waals surface area contributed by atoms with Crippen LogP contribution in [0.25, 0.3) is 11.3 Å². The lowest BCUT2D eigenvalue weighted by atomic mass is 10.1. The number of hydrogen-bond acceptors (Lipinski definition) is 5. The summed E-state index contributed by atoms with van der Waals surface area (Å²) in [7, 11) is 1.52. The van der Waals surface area contributed by atoms with Crippen LogP contribution < -0.4 is 4.74 Å². The topological polar surface area (TPSA) is 64.7 Å². The normalized spacial score (nSPS) is 10.3. The first kappa shape index (κ1) is 10.5. The van der Waals surface area contributed by atoms with Gasteiger partial charge in [-0.2, -0.15) is 0 Å². The Morgan fingerprint density at radius 2 is 2.19 bits per heavy atom. The predicted molar refractivity (Wildman–Crippen MR) is 56.1 cm³/mol. The van der Waals surface area contributed by atoms with E-state index in [0.717, 1.165) is 0 Å². The molecule has 0 aliphatic rings. The molecule has 1 heterocycles. The van der Waals surface area contributed by atoms with Crippen molar-refractivity contribution in [3.8, 4) is 23.0 Å². The highest BCUT2D eigenvalue weighted by molar-refractivity contribution is 5.65. The van der Waals surface area contributed by atoms with Crippen LogP contribution in [-0.4, -0.2) is 24.2 Å². The maximum Gasteiger partial charge on any atom is 0.256 e. The molecule has 0 aliphatic heterocycles. The summed E-state index contributed by atoms with van der Waals surface area (Å²) in [6.45, 7) is 0.104. The van der Waals surface area contributed by atoms with Crippen molar-refractivity contribution in [2.75, 3.05) is 13.9 Å². The molecule has 2 aromatic rings. The molecule has 5 heteroatoms. The maximum atomic E-state index is 9.60. The van der Waals surface area contributed by atoms with E-state index < -0.39 is 0 Å². The fourth-order valence-corrected chi connectivity index (χ4v) is 1.26. The van der Waals surface area contributed by atoms with Crippen molar-refractivity contribution in [3.63, 3.8) is 0 Å². The van der Waals surface area contributed by atoms with Crippen LogP contribution in [-0.2, 0) is 4.74 Å². The third-order valence-electron chi connectivity index (χ3n) is 1.98. The average molecular weight is 221 g/mol. The standard InChI is InChI=1S/C11H11NO4/c1-14-7-15-11-6-10(16-12-11)8-4-2-3-5-9(8)13/h2-6,13H,7H2,1H3.